The van der Waals surface area contributed by atoms with Crippen LogP contribution in [0.5, 0.6) is 0 Å². The lowest BCUT2D eigenvalue weighted by Crippen LogP contribution is -2.22. The van der Waals surface area contributed by atoms with E-state index in [9.17, 15) is 115 Å². The van der Waals surface area contributed by atoms with E-state index in [2.05, 4.69) is 29.6 Å². The number of hydrogen-bond acceptors (Lipinski definition) is 6. The van der Waals surface area contributed by atoms with Gasteiger partial charge in [0, 0.05) is 20.3 Å². The van der Waals surface area contributed by atoms with Gasteiger partial charge in [0.25, 0.3) is 17.8 Å². The van der Waals surface area contributed by atoms with Gasteiger partial charge in [-0.2, -0.15) is 56.0 Å². The molecule has 442 valence electrons. The van der Waals surface area contributed by atoms with E-state index in [0.29, 0.717) is 13.8 Å². The van der Waals surface area contributed by atoms with Crippen LogP contribution >= 0.6 is 0 Å². The van der Waals surface area contributed by atoms with Crippen LogP contribution in [-0.2, 0) is 29.6 Å². The third-order valence-electron chi connectivity index (χ3n) is 2.44. The summed E-state index contributed by atoms with van der Waals surface area (Å²) >= 11 is 0. The van der Waals surface area contributed by atoms with Crippen LogP contribution in [0.25, 0.3) is 0 Å². The highest BCUT2D eigenvalue weighted by atomic mass is 19.4. The average Bonchev–Trinajstić information content (AvgIpc) is 3.06. The summed E-state index contributed by atoms with van der Waals surface area (Å²) in [5.74, 6) is -9.89. The molecule has 0 bridgehead atoms. The maximum atomic E-state index is 11.5. The molecule has 0 spiro atoms. The molecule has 0 saturated heterocycles. The number of hydrogen-bond donors (Lipinski definition) is 0. The minimum atomic E-state index is -4.77. The smallest absolute Gasteiger partial charge is 0.248 e. The quantitative estimate of drug-likeness (QED) is 0.237. The highest BCUT2D eigenvalue weighted by Crippen LogP contribution is 2.30. The van der Waals surface area contributed by atoms with E-state index in [0.717, 1.165) is 35.4 Å². The molecule has 0 aromatic rings. The maximum Gasteiger partial charge on any atom is 0.394 e. The summed E-state index contributed by atoms with van der Waals surface area (Å²) in [5.41, 5.74) is -2.50. The van der Waals surface area contributed by atoms with E-state index in [1.165, 1.54) is 27.7 Å². The van der Waals surface area contributed by atoms with Crippen molar-refractivity contribution < 1.29 is 145 Å². The van der Waals surface area contributed by atoms with Crippen molar-refractivity contribution in [3.8, 4) is 0 Å². The standard InChI is InChI=1S/C4H5F5.2C4H8F2O.3C3H5F3.2CH2F2.4CH3FO.8CH4/c1-3(5,6)2-4(7,8)9;2*1-4(2,3-5)7-6;2*1-3(5,6)2-4;1-2-3(4,5)6;2*2-1-3;4*1-3-2;;;;;;;;/h2H2,1H3;2*3H2,1-2H3;3*2H2,1H3;2*1H2;4*1H3;8*1H4. The molecule has 0 aromatic heterocycles. The minimum Gasteiger partial charge on any atom is -0.248 e. The zero-order chi connectivity index (χ0) is 51.4. The molecule has 0 aliphatic heterocycles. The Labute approximate surface area is 383 Å². The van der Waals surface area contributed by atoms with Crippen LogP contribution in [0, 0.1) is 0 Å². The zero-order valence-corrected chi connectivity index (χ0v) is 33.4. The molecule has 0 saturated carbocycles. The molecule has 0 atom stereocenters. The lowest BCUT2D eigenvalue weighted by molar-refractivity contribution is -0.226. The normalized spacial score (nSPS) is 9.22. The molecule has 32 heteroatoms. The Kier molecular flexibility index (Phi) is 171. The molecule has 0 unspecified atom stereocenters. The summed E-state index contributed by atoms with van der Waals surface area (Å²) in [6.45, 7) is -0.534. The Morgan fingerprint density at radius 1 is 0.313 bits per heavy atom. The Morgan fingerprint density at radius 3 is 0.433 bits per heavy atom. The average molecular weight is 1090 g/mol. The van der Waals surface area contributed by atoms with Crippen molar-refractivity contribution in [2.24, 2.45) is 0 Å². The van der Waals surface area contributed by atoms with E-state index in [-0.39, 0.29) is 66.3 Å². The first-order chi connectivity index (χ1) is 26.1. The van der Waals surface area contributed by atoms with Crippen molar-refractivity contribution >= 4 is 0 Å². The highest BCUT2D eigenvalue weighted by Gasteiger charge is 2.39. The van der Waals surface area contributed by atoms with Gasteiger partial charge in [-0.15, -0.1) is 0 Å². The summed E-state index contributed by atoms with van der Waals surface area (Å²) in [6.07, 6.45) is -11.5. The molecule has 0 N–H and O–H groups in total. The van der Waals surface area contributed by atoms with Gasteiger partial charge in [-0.1, -0.05) is 66.3 Å². The van der Waals surface area contributed by atoms with Crippen LogP contribution in [-0.4, -0.2) is 110 Å². The first-order valence-corrected chi connectivity index (χ1v) is 14.1. The van der Waals surface area contributed by atoms with E-state index in [1.54, 1.807) is 0 Å². The van der Waals surface area contributed by atoms with Crippen molar-refractivity contribution in [3.05, 3.63) is 0 Å². The summed E-state index contributed by atoms with van der Waals surface area (Å²) in [4.78, 5) is 17.4. The fourth-order valence-electron chi connectivity index (χ4n) is 0.393. The first-order valence-electron chi connectivity index (χ1n) is 14.1. The Morgan fingerprint density at radius 2 is 0.433 bits per heavy atom. The SMILES string of the molecule is C.C.C.C.C.C.C.C.CC(C)(CF)OF.CC(C)(CF)OF.CC(F)(F)CC(F)(F)F.CC(F)(F)CF.CC(F)(F)CF.CCC(F)(F)F.COF.COF.COF.COF.FCF.FCF. The zero-order valence-electron chi connectivity index (χ0n) is 33.4. The molecule has 0 amide bonds. The van der Waals surface area contributed by atoms with Crippen molar-refractivity contribution in [1.29, 1.82) is 0 Å². The topological polar surface area (TPSA) is 55.4 Å². The van der Waals surface area contributed by atoms with Gasteiger partial charge in [-0.05, 0) is 61.8 Å². The van der Waals surface area contributed by atoms with Gasteiger partial charge in [0.2, 0.25) is 13.9 Å². The second-order valence-corrected chi connectivity index (χ2v) is 10.00. The third-order valence-corrected chi connectivity index (χ3v) is 2.44. The van der Waals surface area contributed by atoms with Gasteiger partial charge in [0.05, 0.1) is 28.4 Å². The van der Waals surface area contributed by atoms with Gasteiger partial charge < -0.3 is 0 Å². The number of halogens is 26. The Bertz CT molecular complexity index is 595. The predicted octanol–water partition coefficient (Wildman–Crippen LogP) is 20.0. The van der Waals surface area contributed by atoms with Crippen molar-refractivity contribution in [2.45, 2.75) is 169 Å². The van der Waals surface area contributed by atoms with Crippen LogP contribution < -0.4 is 0 Å². The lowest BCUT2D eigenvalue weighted by Gasteiger charge is -2.11. The van der Waals surface area contributed by atoms with Crippen LogP contribution in [0.3, 0.4) is 0 Å². The van der Waals surface area contributed by atoms with E-state index < -0.39 is 94.7 Å². The van der Waals surface area contributed by atoms with E-state index in [1.807, 2.05) is 0 Å². The van der Waals surface area contributed by atoms with Gasteiger partial charge in [0.15, 0.2) is 13.3 Å². The molecular weight excluding hydrogens is 1010 g/mol. The molecular formula is C35H84F26O6. The van der Waals surface area contributed by atoms with Crippen molar-refractivity contribution in [2.75, 3.05) is 69.0 Å². The molecule has 0 aromatic carbocycles. The molecule has 0 aliphatic carbocycles. The maximum absolute atomic E-state index is 11.5. The monoisotopic (exact) mass is 1090 g/mol. The van der Waals surface area contributed by atoms with Crippen LogP contribution in [0.15, 0.2) is 0 Å². The molecule has 6 nitrogen and oxygen atoms in total. The van der Waals surface area contributed by atoms with Crippen molar-refractivity contribution in [1.82, 2.24) is 0 Å². The van der Waals surface area contributed by atoms with Gasteiger partial charge >= 0.3 is 12.4 Å². The third kappa shape index (κ3) is 394. The van der Waals surface area contributed by atoms with E-state index in [4.69, 9.17) is 0 Å². The molecule has 0 fully saturated rings. The number of alkyl halides is 20. The largest absolute Gasteiger partial charge is 0.394 e. The summed E-state index contributed by atoms with van der Waals surface area (Å²) < 4.78 is 277. The highest BCUT2D eigenvalue weighted by molar-refractivity contribution is 4.64. The van der Waals surface area contributed by atoms with Gasteiger partial charge in [-0.3, -0.25) is 0 Å². The predicted molar refractivity (Wildman–Crippen MR) is 216 cm³/mol. The van der Waals surface area contributed by atoms with Crippen LogP contribution in [0.2, 0.25) is 0 Å². The molecule has 0 radical (unpaired) electrons. The molecule has 0 aliphatic rings. The lowest BCUT2D eigenvalue weighted by atomic mass is 10.2. The Hall–Kier alpha value is -2.06. The fourth-order valence-corrected chi connectivity index (χ4v) is 0.393. The van der Waals surface area contributed by atoms with Gasteiger partial charge in [0.1, 0.15) is 31.0 Å². The van der Waals surface area contributed by atoms with Crippen LogP contribution in [0.1, 0.15) is 128 Å². The van der Waals surface area contributed by atoms with E-state index >= 15 is 0 Å². The first kappa shape index (κ1) is 131. The fraction of sp³-hybridized carbons (Fsp3) is 1.00. The minimum absolute atomic E-state index is 0. The van der Waals surface area contributed by atoms with Crippen LogP contribution in [0.4, 0.5) is 115 Å². The summed E-state index contributed by atoms with van der Waals surface area (Å²) in [7, 11) is 3.83. The Balaban J connectivity index is -0.0000000201. The number of rotatable bonds is 7. The summed E-state index contributed by atoms with van der Waals surface area (Å²) in [5, 5.41) is 0. The molecule has 67 heavy (non-hydrogen) atoms. The van der Waals surface area contributed by atoms with Crippen molar-refractivity contribution in [3.63, 3.8) is 0 Å². The van der Waals surface area contributed by atoms with Gasteiger partial charge in [-0.25, -0.2) is 61.5 Å². The second-order valence-electron chi connectivity index (χ2n) is 10.00. The second kappa shape index (κ2) is 87.1. The molecule has 0 heterocycles. The molecule has 0 rings (SSSR count). The summed E-state index contributed by atoms with van der Waals surface area (Å²) in [6, 6.07) is 0.